The normalized spacial score (nSPS) is 10.9. The van der Waals surface area contributed by atoms with Crippen molar-refractivity contribution in [3.05, 3.63) is 40.1 Å². The van der Waals surface area contributed by atoms with Gasteiger partial charge in [0.15, 0.2) is 0 Å². The second-order valence-corrected chi connectivity index (χ2v) is 5.31. The molecule has 1 aromatic carbocycles. The molecule has 0 amide bonds. The Bertz CT molecular complexity index is 529. The summed E-state index contributed by atoms with van der Waals surface area (Å²) in [6, 6.07) is 8.42. The molecule has 0 atom stereocenters. The van der Waals surface area contributed by atoms with Gasteiger partial charge in [-0.25, -0.2) is 0 Å². The van der Waals surface area contributed by atoms with Crippen molar-refractivity contribution in [2.45, 2.75) is 13.3 Å². The first-order valence-electron chi connectivity index (χ1n) is 6.06. The van der Waals surface area contributed by atoms with E-state index in [0.717, 1.165) is 23.1 Å². The van der Waals surface area contributed by atoms with E-state index in [4.69, 9.17) is 0 Å². The third-order valence-electron chi connectivity index (χ3n) is 3.15. The van der Waals surface area contributed by atoms with Crippen molar-refractivity contribution >= 4 is 15.9 Å². The Hall–Kier alpha value is -1.13. The molecule has 2 aromatic rings. The zero-order chi connectivity index (χ0) is 13.1. The van der Waals surface area contributed by atoms with Crippen LogP contribution in [-0.2, 0) is 13.5 Å². The van der Waals surface area contributed by atoms with E-state index in [-0.39, 0.29) is 0 Å². The molecule has 0 spiro atoms. The highest BCUT2D eigenvalue weighted by Crippen LogP contribution is 2.28. The van der Waals surface area contributed by atoms with E-state index in [2.05, 4.69) is 57.5 Å². The Morgan fingerprint density at radius 1 is 1.28 bits per heavy atom. The number of likely N-dealkylation sites (N-methyl/N-ethyl adjacent to an activating group) is 1. The number of nitrogens with one attached hydrogen (secondary N) is 1. The van der Waals surface area contributed by atoms with Crippen LogP contribution in [0.5, 0.6) is 0 Å². The molecule has 1 heterocycles. The lowest BCUT2D eigenvalue weighted by atomic mass is 10.0. The first kappa shape index (κ1) is 13.3. The van der Waals surface area contributed by atoms with Crippen LogP contribution in [-0.4, -0.2) is 23.4 Å². The second-order valence-electron chi connectivity index (χ2n) is 4.39. The summed E-state index contributed by atoms with van der Waals surface area (Å²) in [5, 5.41) is 7.79. The van der Waals surface area contributed by atoms with Crippen LogP contribution in [0.15, 0.2) is 28.7 Å². The molecule has 0 aliphatic carbocycles. The number of aromatic nitrogens is 2. The molecule has 18 heavy (non-hydrogen) atoms. The number of nitrogens with zero attached hydrogens (tertiary/aromatic N) is 2. The highest BCUT2D eigenvalue weighted by Gasteiger charge is 2.14. The van der Waals surface area contributed by atoms with Gasteiger partial charge >= 0.3 is 0 Å². The van der Waals surface area contributed by atoms with E-state index in [9.17, 15) is 0 Å². The van der Waals surface area contributed by atoms with E-state index >= 15 is 0 Å². The van der Waals surface area contributed by atoms with Crippen LogP contribution < -0.4 is 5.32 Å². The van der Waals surface area contributed by atoms with Crippen molar-refractivity contribution in [2.24, 2.45) is 7.05 Å². The Balaban J connectivity index is 2.44. The van der Waals surface area contributed by atoms with Gasteiger partial charge < -0.3 is 5.32 Å². The van der Waals surface area contributed by atoms with Crippen molar-refractivity contribution in [1.82, 2.24) is 15.1 Å². The van der Waals surface area contributed by atoms with Crippen LogP contribution in [0.4, 0.5) is 0 Å². The minimum Gasteiger partial charge on any atom is -0.319 e. The topological polar surface area (TPSA) is 29.9 Å². The Morgan fingerprint density at radius 3 is 2.56 bits per heavy atom. The predicted octanol–water partition coefficient (Wildman–Crippen LogP) is 2.92. The minimum absolute atomic E-state index is 0.944. The SMILES string of the molecule is CNCCc1nn(C)c(C)c1-c1ccc(Br)cc1. The highest BCUT2D eigenvalue weighted by molar-refractivity contribution is 9.10. The summed E-state index contributed by atoms with van der Waals surface area (Å²) in [7, 11) is 3.97. The molecule has 3 nitrogen and oxygen atoms in total. The number of rotatable bonds is 4. The second kappa shape index (κ2) is 5.67. The molecule has 0 radical (unpaired) electrons. The van der Waals surface area contributed by atoms with Crippen LogP contribution in [0, 0.1) is 6.92 Å². The van der Waals surface area contributed by atoms with Gasteiger partial charge in [-0.15, -0.1) is 0 Å². The smallest absolute Gasteiger partial charge is 0.0718 e. The molecular formula is C14H18BrN3. The molecule has 1 aromatic heterocycles. The number of halogens is 1. The molecule has 0 bridgehead atoms. The first-order chi connectivity index (χ1) is 8.63. The Morgan fingerprint density at radius 2 is 1.94 bits per heavy atom. The molecule has 0 saturated carbocycles. The highest BCUT2D eigenvalue weighted by atomic mass is 79.9. The van der Waals surface area contributed by atoms with Gasteiger partial charge in [-0.1, -0.05) is 28.1 Å². The van der Waals surface area contributed by atoms with Crippen molar-refractivity contribution < 1.29 is 0 Å². The number of benzene rings is 1. The average molecular weight is 308 g/mol. The third kappa shape index (κ3) is 2.65. The first-order valence-corrected chi connectivity index (χ1v) is 6.85. The monoisotopic (exact) mass is 307 g/mol. The van der Waals surface area contributed by atoms with Gasteiger partial charge in [0.25, 0.3) is 0 Å². The van der Waals surface area contributed by atoms with Crippen molar-refractivity contribution in [2.75, 3.05) is 13.6 Å². The van der Waals surface area contributed by atoms with E-state index in [1.54, 1.807) is 0 Å². The third-order valence-corrected chi connectivity index (χ3v) is 3.68. The summed E-state index contributed by atoms with van der Waals surface area (Å²) in [5.41, 5.74) is 4.87. The maximum absolute atomic E-state index is 4.61. The van der Waals surface area contributed by atoms with E-state index in [0.29, 0.717) is 0 Å². The van der Waals surface area contributed by atoms with Crippen molar-refractivity contribution in [3.63, 3.8) is 0 Å². The van der Waals surface area contributed by atoms with Gasteiger partial charge in [0.05, 0.1) is 5.69 Å². The fraction of sp³-hybridized carbons (Fsp3) is 0.357. The van der Waals surface area contributed by atoms with Gasteiger partial charge in [-0.3, -0.25) is 4.68 Å². The maximum Gasteiger partial charge on any atom is 0.0718 e. The van der Waals surface area contributed by atoms with Gasteiger partial charge in [-0.2, -0.15) is 5.10 Å². The lowest BCUT2D eigenvalue weighted by Crippen LogP contribution is -2.11. The molecule has 1 N–H and O–H groups in total. The Kier molecular flexibility index (Phi) is 4.19. The fourth-order valence-corrected chi connectivity index (χ4v) is 2.35. The number of aryl methyl sites for hydroxylation is 1. The molecule has 2 rings (SSSR count). The van der Waals surface area contributed by atoms with Crippen LogP contribution in [0.2, 0.25) is 0 Å². The predicted molar refractivity (Wildman–Crippen MR) is 78.7 cm³/mol. The summed E-state index contributed by atoms with van der Waals surface area (Å²) >= 11 is 3.47. The van der Waals surface area contributed by atoms with E-state index in [1.165, 1.54) is 16.8 Å². The van der Waals surface area contributed by atoms with E-state index < -0.39 is 0 Å². The molecule has 0 saturated heterocycles. The number of hydrogen-bond acceptors (Lipinski definition) is 2. The summed E-state index contributed by atoms with van der Waals surface area (Å²) < 4.78 is 3.06. The molecule has 96 valence electrons. The molecule has 0 aliphatic heterocycles. The molecule has 0 unspecified atom stereocenters. The van der Waals surface area contributed by atoms with Crippen LogP contribution in [0.1, 0.15) is 11.4 Å². The molecule has 0 fully saturated rings. The quantitative estimate of drug-likeness (QED) is 0.941. The summed E-state index contributed by atoms with van der Waals surface area (Å²) in [5.74, 6) is 0. The molecule has 4 heteroatoms. The van der Waals surface area contributed by atoms with Crippen LogP contribution in [0.3, 0.4) is 0 Å². The van der Waals surface area contributed by atoms with Crippen LogP contribution >= 0.6 is 15.9 Å². The standard InChI is InChI=1S/C14H18BrN3/c1-10-14(11-4-6-12(15)7-5-11)13(8-9-16-2)17-18(10)3/h4-7,16H,8-9H2,1-3H3. The fourth-order valence-electron chi connectivity index (χ4n) is 2.09. The zero-order valence-electron chi connectivity index (χ0n) is 11.0. The van der Waals surface area contributed by atoms with E-state index in [1.807, 2.05) is 18.8 Å². The molecular weight excluding hydrogens is 290 g/mol. The zero-order valence-corrected chi connectivity index (χ0v) is 12.6. The largest absolute Gasteiger partial charge is 0.319 e. The number of hydrogen-bond donors (Lipinski definition) is 1. The van der Waals surface area contributed by atoms with Crippen LogP contribution in [0.25, 0.3) is 11.1 Å². The van der Waals surface area contributed by atoms with Gasteiger partial charge in [-0.05, 0) is 31.7 Å². The van der Waals surface area contributed by atoms with Gasteiger partial charge in [0, 0.05) is 35.7 Å². The Labute approximate surface area is 116 Å². The molecule has 0 aliphatic rings. The summed E-state index contributed by atoms with van der Waals surface area (Å²) in [4.78, 5) is 0. The van der Waals surface area contributed by atoms with Gasteiger partial charge in [0.1, 0.15) is 0 Å². The summed E-state index contributed by atoms with van der Waals surface area (Å²) in [6.07, 6.45) is 0.948. The van der Waals surface area contributed by atoms with Gasteiger partial charge in [0.2, 0.25) is 0 Å². The van der Waals surface area contributed by atoms with Crippen molar-refractivity contribution in [1.29, 1.82) is 0 Å². The summed E-state index contributed by atoms with van der Waals surface area (Å²) in [6.45, 7) is 3.06. The average Bonchev–Trinajstić information content (AvgIpc) is 2.64. The minimum atomic E-state index is 0.944. The van der Waals surface area contributed by atoms with Crippen molar-refractivity contribution in [3.8, 4) is 11.1 Å². The maximum atomic E-state index is 4.61. The lowest BCUT2D eigenvalue weighted by Gasteiger charge is -2.04. The lowest BCUT2D eigenvalue weighted by molar-refractivity contribution is 0.703.